The van der Waals surface area contributed by atoms with E-state index in [0.29, 0.717) is 5.69 Å². The van der Waals surface area contributed by atoms with Crippen LogP contribution in [0.2, 0.25) is 0 Å². The van der Waals surface area contributed by atoms with Crippen LogP contribution in [0.1, 0.15) is 17.9 Å². The van der Waals surface area contributed by atoms with Gasteiger partial charge in [-0.1, -0.05) is 6.07 Å². The second kappa shape index (κ2) is 3.35. The van der Waals surface area contributed by atoms with Gasteiger partial charge >= 0.3 is 0 Å². The maximum atomic E-state index is 13.0. The van der Waals surface area contributed by atoms with Gasteiger partial charge in [0, 0.05) is 7.05 Å². The number of likely N-dealkylation sites (N-methyl/N-ethyl adjacent to an activating group) is 1. The molecule has 1 aliphatic rings. The van der Waals surface area contributed by atoms with Gasteiger partial charge in [-0.25, -0.2) is 4.39 Å². The molecule has 15 heavy (non-hydrogen) atoms. The van der Waals surface area contributed by atoms with E-state index in [4.69, 9.17) is 5.26 Å². The Hall–Kier alpha value is -1.89. The van der Waals surface area contributed by atoms with Gasteiger partial charge in [0.15, 0.2) is 0 Å². The summed E-state index contributed by atoms with van der Waals surface area (Å²) >= 11 is 0. The summed E-state index contributed by atoms with van der Waals surface area (Å²) in [5, 5.41) is 8.62. The molecule has 0 saturated carbocycles. The van der Waals surface area contributed by atoms with E-state index in [0.717, 1.165) is 5.56 Å². The maximum absolute atomic E-state index is 13.0. The molecule has 1 heterocycles. The average molecular weight is 204 g/mol. The van der Waals surface area contributed by atoms with Crippen molar-refractivity contribution in [2.75, 3.05) is 11.9 Å². The van der Waals surface area contributed by atoms with Crippen LogP contribution < -0.4 is 4.90 Å². The number of hydrogen-bond donors (Lipinski definition) is 0. The molecule has 0 fully saturated rings. The van der Waals surface area contributed by atoms with Crippen LogP contribution in [0.15, 0.2) is 18.2 Å². The first-order chi connectivity index (χ1) is 7.15. The van der Waals surface area contributed by atoms with Crippen LogP contribution in [-0.4, -0.2) is 13.0 Å². The van der Waals surface area contributed by atoms with Crippen molar-refractivity contribution in [1.29, 1.82) is 5.26 Å². The molecule has 1 unspecified atom stereocenters. The number of halogens is 1. The number of carbonyl (C=O) groups is 1. The van der Waals surface area contributed by atoms with E-state index < -0.39 is 5.92 Å². The first-order valence-corrected chi connectivity index (χ1v) is 4.59. The van der Waals surface area contributed by atoms with E-state index in [1.807, 2.05) is 6.07 Å². The highest BCUT2D eigenvalue weighted by molar-refractivity contribution is 6.04. The van der Waals surface area contributed by atoms with Crippen LogP contribution in [0.4, 0.5) is 10.1 Å². The zero-order valence-electron chi connectivity index (χ0n) is 8.20. The first kappa shape index (κ1) is 9.66. The lowest BCUT2D eigenvalue weighted by Gasteiger charge is -2.09. The highest BCUT2D eigenvalue weighted by atomic mass is 19.1. The molecule has 1 amide bonds. The van der Waals surface area contributed by atoms with E-state index in [1.54, 1.807) is 13.1 Å². The molecule has 0 radical (unpaired) electrons. The Balaban J connectivity index is 2.51. The molecular formula is C11H9FN2O. The molecule has 1 aromatic rings. The molecule has 0 spiro atoms. The molecule has 0 aliphatic carbocycles. The summed E-state index contributed by atoms with van der Waals surface area (Å²) in [5.74, 6) is -0.946. The monoisotopic (exact) mass is 204 g/mol. The molecule has 0 bridgehead atoms. The predicted octanol–water partition coefficient (Wildman–Crippen LogP) is 1.80. The van der Waals surface area contributed by atoms with Gasteiger partial charge < -0.3 is 4.90 Å². The van der Waals surface area contributed by atoms with Crippen molar-refractivity contribution in [3.05, 3.63) is 29.6 Å². The van der Waals surface area contributed by atoms with Crippen molar-refractivity contribution in [2.24, 2.45) is 0 Å². The molecule has 1 aromatic carbocycles. The Kier molecular flexibility index (Phi) is 2.16. The Morgan fingerprint density at radius 3 is 3.00 bits per heavy atom. The van der Waals surface area contributed by atoms with Crippen LogP contribution in [0.25, 0.3) is 0 Å². The van der Waals surface area contributed by atoms with Gasteiger partial charge in [0.2, 0.25) is 5.91 Å². The molecule has 4 heteroatoms. The summed E-state index contributed by atoms with van der Waals surface area (Å²) in [6.07, 6.45) is 0.141. The maximum Gasteiger partial charge on any atom is 0.235 e. The van der Waals surface area contributed by atoms with Crippen molar-refractivity contribution in [2.45, 2.75) is 12.3 Å². The van der Waals surface area contributed by atoms with E-state index in [-0.39, 0.29) is 18.1 Å². The molecule has 0 aromatic heterocycles. The van der Waals surface area contributed by atoms with Gasteiger partial charge in [-0.3, -0.25) is 4.79 Å². The fourth-order valence-electron chi connectivity index (χ4n) is 1.88. The van der Waals surface area contributed by atoms with Crippen LogP contribution in [0.3, 0.4) is 0 Å². The quantitative estimate of drug-likeness (QED) is 0.700. The summed E-state index contributed by atoms with van der Waals surface area (Å²) < 4.78 is 13.0. The minimum Gasteiger partial charge on any atom is -0.315 e. The highest BCUT2D eigenvalue weighted by Gasteiger charge is 2.34. The minimum atomic E-state index is -0.435. The second-order valence-corrected chi connectivity index (χ2v) is 3.52. The summed E-state index contributed by atoms with van der Waals surface area (Å²) in [6.45, 7) is 0. The molecule has 76 valence electrons. The van der Waals surface area contributed by atoms with Crippen molar-refractivity contribution in [3.63, 3.8) is 0 Å². The summed E-state index contributed by atoms with van der Waals surface area (Å²) in [7, 11) is 1.60. The third-order valence-electron chi connectivity index (χ3n) is 2.65. The fraction of sp³-hybridized carbons (Fsp3) is 0.273. The van der Waals surface area contributed by atoms with E-state index in [9.17, 15) is 9.18 Å². The standard InChI is InChI=1S/C11H9FN2O/c1-14-10-6-7(12)2-3-8(10)9(4-5-13)11(14)15/h2-3,6,9H,4H2,1H3. The van der Waals surface area contributed by atoms with E-state index >= 15 is 0 Å². The molecule has 2 rings (SSSR count). The lowest BCUT2D eigenvalue weighted by molar-refractivity contribution is -0.118. The highest BCUT2D eigenvalue weighted by Crippen LogP contribution is 2.38. The topological polar surface area (TPSA) is 44.1 Å². The second-order valence-electron chi connectivity index (χ2n) is 3.52. The summed E-state index contributed by atoms with van der Waals surface area (Å²) in [4.78, 5) is 13.1. The van der Waals surface area contributed by atoms with Crippen molar-refractivity contribution in [1.82, 2.24) is 0 Å². The molecular weight excluding hydrogens is 195 g/mol. The zero-order chi connectivity index (χ0) is 11.0. The van der Waals surface area contributed by atoms with Crippen LogP contribution >= 0.6 is 0 Å². The third kappa shape index (κ3) is 1.37. The lowest BCUT2D eigenvalue weighted by atomic mass is 9.98. The van der Waals surface area contributed by atoms with Gasteiger partial charge in [-0.05, 0) is 17.7 Å². The SMILES string of the molecule is CN1C(=O)C(CC#N)c2ccc(F)cc21. The largest absolute Gasteiger partial charge is 0.315 e. The number of rotatable bonds is 1. The Labute approximate surface area is 86.7 Å². The van der Waals surface area contributed by atoms with Gasteiger partial charge in [0.05, 0.1) is 24.1 Å². The Bertz CT molecular complexity index is 464. The third-order valence-corrected chi connectivity index (χ3v) is 2.65. The summed E-state index contributed by atoms with van der Waals surface area (Å²) in [6, 6.07) is 6.19. The van der Waals surface area contributed by atoms with E-state index in [1.165, 1.54) is 17.0 Å². The number of anilines is 1. The normalized spacial score (nSPS) is 18.9. The predicted molar refractivity (Wildman–Crippen MR) is 52.8 cm³/mol. The number of carbonyl (C=O) groups excluding carboxylic acids is 1. The Morgan fingerprint density at radius 1 is 1.60 bits per heavy atom. The van der Waals surface area contributed by atoms with Crippen molar-refractivity contribution < 1.29 is 9.18 Å². The van der Waals surface area contributed by atoms with Crippen LogP contribution in [0, 0.1) is 17.1 Å². The molecule has 1 aliphatic heterocycles. The van der Waals surface area contributed by atoms with Crippen molar-refractivity contribution >= 4 is 11.6 Å². The number of benzene rings is 1. The minimum absolute atomic E-state index is 0.141. The number of nitrogens with zero attached hydrogens (tertiary/aromatic N) is 2. The van der Waals surface area contributed by atoms with Gasteiger partial charge in [0.25, 0.3) is 0 Å². The van der Waals surface area contributed by atoms with Crippen molar-refractivity contribution in [3.8, 4) is 6.07 Å². The zero-order valence-corrected chi connectivity index (χ0v) is 8.20. The van der Waals surface area contributed by atoms with Crippen LogP contribution in [-0.2, 0) is 4.79 Å². The Morgan fingerprint density at radius 2 is 2.33 bits per heavy atom. The van der Waals surface area contributed by atoms with Gasteiger partial charge in [-0.15, -0.1) is 0 Å². The van der Waals surface area contributed by atoms with E-state index in [2.05, 4.69) is 0 Å². The molecule has 0 N–H and O–H groups in total. The number of hydrogen-bond acceptors (Lipinski definition) is 2. The lowest BCUT2D eigenvalue weighted by Crippen LogP contribution is -2.23. The molecule has 1 atom stereocenters. The first-order valence-electron chi connectivity index (χ1n) is 4.59. The number of fused-ring (bicyclic) bond motifs is 1. The fourth-order valence-corrected chi connectivity index (χ4v) is 1.88. The summed E-state index contributed by atoms with van der Waals surface area (Å²) in [5.41, 5.74) is 1.31. The van der Waals surface area contributed by atoms with Gasteiger partial charge in [0.1, 0.15) is 5.82 Å². The van der Waals surface area contributed by atoms with Gasteiger partial charge in [-0.2, -0.15) is 5.26 Å². The van der Waals surface area contributed by atoms with Crippen LogP contribution in [0.5, 0.6) is 0 Å². The molecule has 0 saturated heterocycles. The molecule has 3 nitrogen and oxygen atoms in total. The number of amides is 1. The average Bonchev–Trinajstić information content (AvgIpc) is 2.44. The number of nitriles is 1. The smallest absolute Gasteiger partial charge is 0.235 e.